The van der Waals surface area contributed by atoms with Crippen molar-refractivity contribution in [2.75, 3.05) is 10.2 Å². The van der Waals surface area contributed by atoms with Crippen LogP contribution in [0.3, 0.4) is 0 Å². The lowest BCUT2D eigenvalue weighted by molar-refractivity contribution is -0.121. The summed E-state index contributed by atoms with van der Waals surface area (Å²) < 4.78 is 0. The number of carbonyl (C=O) groups excluding carboxylic acids is 3. The van der Waals surface area contributed by atoms with E-state index in [0.717, 1.165) is 10.5 Å². The Morgan fingerprint density at radius 1 is 1.03 bits per heavy atom. The van der Waals surface area contributed by atoms with Crippen molar-refractivity contribution in [3.63, 3.8) is 0 Å². The van der Waals surface area contributed by atoms with Crippen molar-refractivity contribution >= 4 is 63.1 Å². The summed E-state index contributed by atoms with van der Waals surface area (Å²) in [7, 11) is 0. The fourth-order valence-electron chi connectivity index (χ4n) is 2.95. The molecule has 0 spiro atoms. The smallest absolute Gasteiger partial charge is 0.257 e. The summed E-state index contributed by atoms with van der Waals surface area (Å²) in [6.45, 7) is 0. The minimum absolute atomic E-state index is 0.213. The van der Waals surface area contributed by atoms with E-state index in [9.17, 15) is 14.4 Å². The predicted molar refractivity (Wildman–Crippen MR) is 114 cm³/mol. The molecule has 0 atom stereocenters. The summed E-state index contributed by atoms with van der Waals surface area (Å²) in [5.74, 6) is -0.814. The first-order chi connectivity index (χ1) is 13.9. The van der Waals surface area contributed by atoms with E-state index < -0.39 is 0 Å². The molecule has 1 aliphatic heterocycles. The number of hydrogen-bond acceptors (Lipinski definition) is 5. The van der Waals surface area contributed by atoms with Crippen molar-refractivity contribution in [2.45, 2.75) is 12.8 Å². The molecule has 1 aromatic heterocycles. The average molecular weight is 446 g/mol. The van der Waals surface area contributed by atoms with Crippen molar-refractivity contribution in [1.82, 2.24) is 4.98 Å². The van der Waals surface area contributed by atoms with Gasteiger partial charge in [0.25, 0.3) is 5.91 Å². The molecular formula is C20H13Cl2N3O3S. The van der Waals surface area contributed by atoms with Gasteiger partial charge in [-0.3, -0.25) is 24.6 Å². The van der Waals surface area contributed by atoms with Gasteiger partial charge < -0.3 is 0 Å². The molecule has 1 aliphatic rings. The highest BCUT2D eigenvalue weighted by Gasteiger charge is 2.30. The van der Waals surface area contributed by atoms with Gasteiger partial charge in [-0.25, -0.2) is 4.98 Å². The fourth-order valence-corrected chi connectivity index (χ4v) is 4.16. The number of rotatable bonds is 4. The highest BCUT2D eigenvalue weighted by Crippen LogP contribution is 2.32. The van der Waals surface area contributed by atoms with Gasteiger partial charge in [-0.05, 0) is 42.5 Å². The first-order valence-electron chi connectivity index (χ1n) is 8.60. The van der Waals surface area contributed by atoms with Crippen LogP contribution in [0, 0.1) is 0 Å². The van der Waals surface area contributed by atoms with Gasteiger partial charge in [0.05, 0.1) is 16.4 Å². The number of thiazole rings is 1. The Labute approximate surface area is 180 Å². The molecule has 3 amide bonds. The summed E-state index contributed by atoms with van der Waals surface area (Å²) in [6, 6.07) is 11.4. The van der Waals surface area contributed by atoms with Gasteiger partial charge in [0.2, 0.25) is 11.8 Å². The number of hydrogen-bond donors (Lipinski definition) is 1. The lowest BCUT2D eigenvalue weighted by Crippen LogP contribution is -2.28. The number of amides is 3. The maximum Gasteiger partial charge on any atom is 0.257 e. The Morgan fingerprint density at radius 2 is 1.72 bits per heavy atom. The summed E-state index contributed by atoms with van der Waals surface area (Å²) in [6.07, 6.45) is 0.427. The number of anilines is 2. The first-order valence-corrected chi connectivity index (χ1v) is 10.2. The van der Waals surface area contributed by atoms with E-state index in [1.807, 2.05) is 0 Å². The summed E-state index contributed by atoms with van der Waals surface area (Å²) in [4.78, 5) is 41.7. The quantitative estimate of drug-likeness (QED) is 0.571. The number of imide groups is 1. The minimum atomic E-state index is -0.348. The van der Waals surface area contributed by atoms with Crippen LogP contribution in [-0.2, 0) is 9.59 Å². The number of halogens is 2. The second kappa shape index (κ2) is 7.94. The van der Waals surface area contributed by atoms with E-state index in [2.05, 4.69) is 10.3 Å². The number of benzene rings is 2. The Balaban J connectivity index is 1.48. The largest absolute Gasteiger partial charge is 0.298 e. The van der Waals surface area contributed by atoms with Crippen LogP contribution in [0.1, 0.15) is 23.2 Å². The fraction of sp³-hybridized carbons (Fsp3) is 0.100. The zero-order chi connectivity index (χ0) is 20.5. The molecule has 6 nitrogen and oxygen atoms in total. The number of carbonyl (C=O) groups is 3. The van der Waals surface area contributed by atoms with E-state index in [1.54, 1.807) is 47.8 Å². The molecular weight excluding hydrogens is 433 g/mol. The van der Waals surface area contributed by atoms with E-state index in [1.165, 1.54) is 11.3 Å². The molecule has 1 saturated heterocycles. The predicted octanol–water partition coefficient (Wildman–Crippen LogP) is 5.02. The monoisotopic (exact) mass is 445 g/mol. The number of nitrogens with one attached hydrogen (secondary N) is 1. The minimum Gasteiger partial charge on any atom is -0.298 e. The zero-order valence-electron chi connectivity index (χ0n) is 14.8. The molecule has 0 aliphatic carbocycles. The molecule has 2 heterocycles. The summed E-state index contributed by atoms with van der Waals surface area (Å²) in [5.41, 5.74) is 2.20. The third-order valence-electron chi connectivity index (χ3n) is 4.37. The molecule has 9 heteroatoms. The van der Waals surface area contributed by atoms with Gasteiger partial charge in [0, 0.05) is 34.4 Å². The van der Waals surface area contributed by atoms with E-state index in [0.29, 0.717) is 32.1 Å². The average Bonchev–Trinajstić information content (AvgIpc) is 3.28. The van der Waals surface area contributed by atoms with Gasteiger partial charge in [-0.15, -0.1) is 11.3 Å². The topological polar surface area (TPSA) is 79.4 Å². The normalized spacial score (nSPS) is 13.8. The van der Waals surface area contributed by atoms with Gasteiger partial charge in [-0.1, -0.05) is 23.2 Å². The number of aromatic nitrogens is 1. The highest BCUT2D eigenvalue weighted by atomic mass is 35.5. The third kappa shape index (κ3) is 4.03. The molecule has 0 bridgehead atoms. The third-order valence-corrected chi connectivity index (χ3v) is 5.68. The van der Waals surface area contributed by atoms with E-state index in [4.69, 9.17) is 23.2 Å². The molecule has 29 heavy (non-hydrogen) atoms. The Hall–Kier alpha value is -2.74. The van der Waals surface area contributed by atoms with Crippen LogP contribution in [-0.4, -0.2) is 22.7 Å². The van der Waals surface area contributed by atoms with Crippen LogP contribution in [0.25, 0.3) is 11.3 Å². The summed E-state index contributed by atoms with van der Waals surface area (Å²) >= 11 is 13.4. The molecule has 0 radical (unpaired) electrons. The van der Waals surface area contributed by atoms with Crippen molar-refractivity contribution < 1.29 is 14.4 Å². The van der Waals surface area contributed by atoms with Crippen LogP contribution >= 0.6 is 34.5 Å². The second-order valence-corrected chi connectivity index (χ2v) is 7.99. The van der Waals surface area contributed by atoms with Crippen LogP contribution in [0.15, 0.2) is 47.8 Å². The molecule has 1 fully saturated rings. The van der Waals surface area contributed by atoms with Crippen LogP contribution in [0.4, 0.5) is 10.8 Å². The molecule has 0 unspecified atom stereocenters. The van der Waals surface area contributed by atoms with Gasteiger partial charge in [0.1, 0.15) is 0 Å². The van der Waals surface area contributed by atoms with Crippen LogP contribution in [0.5, 0.6) is 0 Å². The molecule has 4 rings (SSSR count). The zero-order valence-corrected chi connectivity index (χ0v) is 17.1. The standard InChI is InChI=1S/C20H13Cl2N3O3S/c21-12-3-6-14(15(22)9-12)16-10-29-20(23-16)24-19(28)11-1-4-13(5-2-11)25-17(26)7-8-18(25)27/h1-6,9-10H,7-8H2,(H,23,24,28). The summed E-state index contributed by atoms with van der Waals surface area (Å²) in [5, 5.41) is 5.95. The van der Waals surface area contributed by atoms with Gasteiger partial charge in [-0.2, -0.15) is 0 Å². The number of nitrogens with zero attached hydrogens (tertiary/aromatic N) is 2. The van der Waals surface area contributed by atoms with Crippen LogP contribution < -0.4 is 10.2 Å². The van der Waals surface area contributed by atoms with E-state index in [-0.39, 0.29) is 30.6 Å². The van der Waals surface area contributed by atoms with Crippen LogP contribution in [0.2, 0.25) is 10.0 Å². The maximum atomic E-state index is 12.5. The van der Waals surface area contributed by atoms with Gasteiger partial charge >= 0.3 is 0 Å². The second-order valence-electron chi connectivity index (χ2n) is 6.29. The first kappa shape index (κ1) is 19.6. The SMILES string of the molecule is O=C(Nc1nc(-c2ccc(Cl)cc2Cl)cs1)c1ccc(N2C(=O)CCC2=O)cc1. The molecule has 3 aromatic rings. The van der Waals surface area contributed by atoms with E-state index >= 15 is 0 Å². The molecule has 0 saturated carbocycles. The lowest BCUT2D eigenvalue weighted by atomic mass is 10.2. The van der Waals surface area contributed by atoms with Gasteiger partial charge in [0.15, 0.2) is 5.13 Å². The molecule has 1 N–H and O–H groups in total. The van der Waals surface area contributed by atoms with Crippen molar-refractivity contribution in [3.05, 3.63) is 63.5 Å². The Bertz CT molecular complexity index is 1110. The van der Waals surface area contributed by atoms with Crippen molar-refractivity contribution in [3.8, 4) is 11.3 Å². The highest BCUT2D eigenvalue weighted by molar-refractivity contribution is 7.14. The van der Waals surface area contributed by atoms with Crippen molar-refractivity contribution in [2.24, 2.45) is 0 Å². The Morgan fingerprint density at radius 3 is 2.38 bits per heavy atom. The molecule has 2 aromatic carbocycles. The Kier molecular flexibility index (Phi) is 5.36. The van der Waals surface area contributed by atoms with Crippen molar-refractivity contribution in [1.29, 1.82) is 0 Å². The maximum absolute atomic E-state index is 12.5. The lowest BCUT2D eigenvalue weighted by Gasteiger charge is -2.13. The molecule has 146 valence electrons.